The third-order valence-corrected chi connectivity index (χ3v) is 3.62. The van der Waals surface area contributed by atoms with Crippen molar-refractivity contribution in [3.8, 4) is 0 Å². The molecule has 1 aliphatic rings. The zero-order valence-electron chi connectivity index (χ0n) is 10.8. The first-order chi connectivity index (χ1) is 7.83. The molecule has 98 valence electrons. The summed E-state index contributed by atoms with van der Waals surface area (Å²) in [5.41, 5.74) is -0.474. The molecule has 0 aromatic heterocycles. The standard InChI is InChI=1S/C12H20O4S/c1-12(2,3)16-9(13)7-17-10(8-5-6-8)11(14)15-4/h8,10H,5-7H2,1-4H3. The summed E-state index contributed by atoms with van der Waals surface area (Å²) in [6.07, 6.45) is 2.09. The highest BCUT2D eigenvalue weighted by Gasteiger charge is 2.37. The van der Waals surface area contributed by atoms with Crippen LogP contribution in [0.2, 0.25) is 0 Å². The van der Waals surface area contributed by atoms with E-state index >= 15 is 0 Å². The lowest BCUT2D eigenvalue weighted by molar-refractivity contribution is -0.151. The second-order valence-electron chi connectivity index (χ2n) is 5.18. The van der Waals surface area contributed by atoms with E-state index in [-0.39, 0.29) is 22.9 Å². The van der Waals surface area contributed by atoms with Crippen LogP contribution < -0.4 is 0 Å². The van der Waals surface area contributed by atoms with Crippen molar-refractivity contribution in [3.05, 3.63) is 0 Å². The normalized spacial score (nSPS) is 17.4. The summed E-state index contributed by atoms with van der Waals surface area (Å²) in [5, 5.41) is -0.215. The maximum atomic E-state index is 11.5. The molecule has 0 heterocycles. The number of hydrogen-bond donors (Lipinski definition) is 0. The van der Waals surface area contributed by atoms with Crippen molar-refractivity contribution in [2.75, 3.05) is 12.9 Å². The summed E-state index contributed by atoms with van der Waals surface area (Å²) in [6, 6.07) is 0. The van der Waals surface area contributed by atoms with Gasteiger partial charge < -0.3 is 9.47 Å². The number of carbonyl (C=O) groups excluding carboxylic acids is 2. The minimum atomic E-state index is -0.474. The Labute approximate surface area is 106 Å². The molecule has 0 N–H and O–H groups in total. The van der Waals surface area contributed by atoms with Crippen molar-refractivity contribution in [3.63, 3.8) is 0 Å². The number of carbonyl (C=O) groups is 2. The van der Waals surface area contributed by atoms with Gasteiger partial charge in [0.25, 0.3) is 0 Å². The van der Waals surface area contributed by atoms with E-state index in [2.05, 4.69) is 0 Å². The van der Waals surface area contributed by atoms with Gasteiger partial charge in [-0.15, -0.1) is 11.8 Å². The predicted molar refractivity (Wildman–Crippen MR) is 66.8 cm³/mol. The first-order valence-electron chi connectivity index (χ1n) is 5.75. The van der Waals surface area contributed by atoms with E-state index in [1.54, 1.807) is 0 Å². The Morgan fingerprint density at radius 3 is 2.35 bits per heavy atom. The molecule has 1 rings (SSSR count). The van der Waals surface area contributed by atoms with Crippen molar-refractivity contribution < 1.29 is 19.1 Å². The number of rotatable bonds is 5. The summed E-state index contributed by atoms with van der Waals surface area (Å²) in [7, 11) is 1.38. The van der Waals surface area contributed by atoms with E-state index < -0.39 is 5.60 Å². The van der Waals surface area contributed by atoms with Crippen molar-refractivity contribution in [2.45, 2.75) is 44.5 Å². The van der Waals surface area contributed by atoms with Gasteiger partial charge in [0.2, 0.25) is 0 Å². The maximum absolute atomic E-state index is 11.5. The quantitative estimate of drug-likeness (QED) is 0.708. The van der Waals surface area contributed by atoms with Gasteiger partial charge >= 0.3 is 11.9 Å². The zero-order valence-corrected chi connectivity index (χ0v) is 11.6. The second kappa shape index (κ2) is 5.76. The molecule has 1 atom stereocenters. The maximum Gasteiger partial charge on any atom is 0.319 e. The van der Waals surface area contributed by atoms with Gasteiger partial charge in [-0.3, -0.25) is 9.59 Å². The lowest BCUT2D eigenvalue weighted by atomic mass is 10.2. The molecule has 5 heteroatoms. The fraction of sp³-hybridized carbons (Fsp3) is 0.833. The Morgan fingerprint density at radius 1 is 1.35 bits per heavy atom. The molecule has 0 aromatic carbocycles. The molecule has 1 aliphatic carbocycles. The molecule has 1 unspecified atom stereocenters. The Hall–Kier alpha value is -0.710. The van der Waals surface area contributed by atoms with Gasteiger partial charge in [0.1, 0.15) is 10.9 Å². The van der Waals surface area contributed by atoms with E-state index in [0.717, 1.165) is 12.8 Å². The molecule has 4 nitrogen and oxygen atoms in total. The van der Waals surface area contributed by atoms with E-state index in [1.807, 2.05) is 20.8 Å². The van der Waals surface area contributed by atoms with Crippen molar-refractivity contribution >= 4 is 23.7 Å². The number of hydrogen-bond acceptors (Lipinski definition) is 5. The molecule has 1 saturated carbocycles. The molecule has 17 heavy (non-hydrogen) atoms. The number of methoxy groups -OCH3 is 1. The highest BCUT2D eigenvalue weighted by Crippen LogP contribution is 2.39. The van der Waals surface area contributed by atoms with Gasteiger partial charge in [0, 0.05) is 0 Å². The second-order valence-corrected chi connectivity index (χ2v) is 6.31. The lowest BCUT2D eigenvalue weighted by Gasteiger charge is -2.20. The fourth-order valence-corrected chi connectivity index (χ4v) is 2.59. The fourth-order valence-electron chi connectivity index (χ4n) is 1.44. The Bertz CT molecular complexity index is 291. The predicted octanol–water partition coefficient (Wildman–Crippen LogP) is 2.01. The van der Waals surface area contributed by atoms with Gasteiger partial charge in [0.15, 0.2) is 0 Å². The highest BCUT2D eigenvalue weighted by molar-refractivity contribution is 8.01. The number of ether oxygens (including phenoxy) is 2. The number of thioether (sulfide) groups is 1. The number of esters is 2. The van der Waals surface area contributed by atoms with Gasteiger partial charge in [-0.1, -0.05) is 0 Å². The van der Waals surface area contributed by atoms with Crippen LogP contribution in [0.15, 0.2) is 0 Å². The summed E-state index contributed by atoms with van der Waals surface area (Å²) in [4.78, 5) is 23.0. The molecule has 0 saturated heterocycles. The average molecular weight is 260 g/mol. The van der Waals surface area contributed by atoms with Gasteiger partial charge in [0.05, 0.1) is 12.9 Å². The summed E-state index contributed by atoms with van der Waals surface area (Å²) < 4.78 is 9.92. The first kappa shape index (κ1) is 14.4. The molecule has 0 spiro atoms. The molecule has 0 aliphatic heterocycles. The van der Waals surface area contributed by atoms with Crippen LogP contribution in [0.3, 0.4) is 0 Å². The van der Waals surface area contributed by atoms with Crippen LogP contribution in [0.1, 0.15) is 33.6 Å². The largest absolute Gasteiger partial charge is 0.468 e. The first-order valence-corrected chi connectivity index (χ1v) is 6.79. The van der Waals surface area contributed by atoms with Crippen LogP contribution in [0.25, 0.3) is 0 Å². The van der Waals surface area contributed by atoms with Crippen LogP contribution >= 0.6 is 11.8 Å². The Balaban J connectivity index is 2.36. The minimum absolute atomic E-state index is 0.202. The SMILES string of the molecule is COC(=O)C(SCC(=O)OC(C)(C)C)C1CC1. The van der Waals surface area contributed by atoms with Crippen LogP contribution in [0.5, 0.6) is 0 Å². The minimum Gasteiger partial charge on any atom is -0.468 e. The van der Waals surface area contributed by atoms with Crippen molar-refractivity contribution in [2.24, 2.45) is 5.92 Å². The van der Waals surface area contributed by atoms with Crippen LogP contribution in [-0.2, 0) is 19.1 Å². The van der Waals surface area contributed by atoms with Crippen LogP contribution in [0.4, 0.5) is 0 Å². The van der Waals surface area contributed by atoms with Crippen LogP contribution in [0, 0.1) is 5.92 Å². The van der Waals surface area contributed by atoms with E-state index in [1.165, 1.54) is 18.9 Å². The molecule has 0 aromatic rings. The molecule has 0 radical (unpaired) electrons. The summed E-state index contributed by atoms with van der Waals surface area (Å²) in [6.45, 7) is 5.48. The highest BCUT2D eigenvalue weighted by atomic mass is 32.2. The van der Waals surface area contributed by atoms with E-state index in [0.29, 0.717) is 5.92 Å². The Kier molecular flexibility index (Phi) is 4.86. The third kappa shape index (κ3) is 5.44. The summed E-state index contributed by atoms with van der Waals surface area (Å²) >= 11 is 1.32. The molecular formula is C12H20O4S. The average Bonchev–Trinajstić information content (AvgIpc) is 2.98. The van der Waals surface area contributed by atoms with Crippen molar-refractivity contribution in [1.29, 1.82) is 0 Å². The van der Waals surface area contributed by atoms with E-state index in [4.69, 9.17) is 9.47 Å². The van der Waals surface area contributed by atoms with Gasteiger partial charge in [-0.05, 0) is 39.5 Å². The molecule has 0 amide bonds. The zero-order chi connectivity index (χ0) is 13.1. The van der Waals surface area contributed by atoms with Crippen molar-refractivity contribution in [1.82, 2.24) is 0 Å². The summed E-state index contributed by atoms with van der Waals surface area (Å²) in [5.74, 6) is 0.0565. The topological polar surface area (TPSA) is 52.6 Å². The molecule has 0 bridgehead atoms. The Morgan fingerprint density at radius 2 is 1.94 bits per heavy atom. The smallest absolute Gasteiger partial charge is 0.319 e. The third-order valence-electron chi connectivity index (χ3n) is 2.28. The molecule has 1 fully saturated rings. The van der Waals surface area contributed by atoms with E-state index in [9.17, 15) is 9.59 Å². The van der Waals surface area contributed by atoms with Gasteiger partial charge in [-0.25, -0.2) is 0 Å². The van der Waals surface area contributed by atoms with Gasteiger partial charge in [-0.2, -0.15) is 0 Å². The van der Waals surface area contributed by atoms with Crippen LogP contribution in [-0.4, -0.2) is 35.7 Å². The molecular weight excluding hydrogens is 240 g/mol. The lowest BCUT2D eigenvalue weighted by Crippen LogP contribution is -2.27. The monoisotopic (exact) mass is 260 g/mol.